The van der Waals surface area contributed by atoms with Crippen molar-refractivity contribution in [3.05, 3.63) is 70.3 Å². The summed E-state index contributed by atoms with van der Waals surface area (Å²) in [5.74, 6) is -0.580. The quantitative estimate of drug-likeness (QED) is 0.612. The van der Waals surface area contributed by atoms with Crippen molar-refractivity contribution in [3.63, 3.8) is 0 Å². The predicted octanol–water partition coefficient (Wildman–Crippen LogP) is 4.25. The lowest BCUT2D eigenvalue weighted by molar-refractivity contribution is -0.114. The number of methoxy groups -OCH3 is 1. The second-order valence-corrected chi connectivity index (χ2v) is 6.94. The van der Waals surface area contributed by atoms with Crippen LogP contribution in [0.4, 0.5) is 15.8 Å². The van der Waals surface area contributed by atoms with Gasteiger partial charge in [-0.2, -0.15) is 5.10 Å². The third kappa shape index (κ3) is 4.77. The number of anilines is 2. The molecule has 7 nitrogen and oxygen atoms in total. The predicted molar refractivity (Wildman–Crippen MR) is 113 cm³/mol. The van der Waals surface area contributed by atoms with Gasteiger partial charge < -0.3 is 15.4 Å². The molecular weight excluding hydrogens is 411 g/mol. The van der Waals surface area contributed by atoms with Crippen LogP contribution in [0.3, 0.4) is 0 Å². The number of ether oxygens (including phenoxy) is 1. The van der Waals surface area contributed by atoms with Gasteiger partial charge >= 0.3 is 0 Å². The molecule has 1 aromatic heterocycles. The fourth-order valence-corrected chi connectivity index (χ4v) is 3.27. The molecule has 30 heavy (non-hydrogen) atoms. The largest absolute Gasteiger partial charge is 0.495 e. The van der Waals surface area contributed by atoms with Crippen LogP contribution in [0.1, 0.15) is 28.5 Å². The second kappa shape index (κ2) is 8.96. The third-order valence-electron chi connectivity index (χ3n) is 4.31. The highest BCUT2D eigenvalue weighted by Gasteiger charge is 2.21. The maximum Gasteiger partial charge on any atom is 0.260 e. The Hall–Kier alpha value is -3.39. The van der Waals surface area contributed by atoms with E-state index in [-0.39, 0.29) is 22.4 Å². The first-order chi connectivity index (χ1) is 14.3. The zero-order valence-electron chi connectivity index (χ0n) is 16.6. The first kappa shape index (κ1) is 21.3. The minimum absolute atomic E-state index is 0.171. The number of rotatable bonds is 6. The van der Waals surface area contributed by atoms with E-state index >= 15 is 0 Å². The summed E-state index contributed by atoms with van der Waals surface area (Å²) in [7, 11) is 1.48. The lowest BCUT2D eigenvalue weighted by Crippen LogP contribution is -2.14. The molecule has 0 saturated heterocycles. The number of amides is 2. The molecule has 156 valence electrons. The minimum Gasteiger partial charge on any atom is -0.495 e. The molecule has 2 aromatic carbocycles. The number of nitrogens with one attached hydrogen (secondary N) is 2. The number of benzene rings is 2. The van der Waals surface area contributed by atoms with Gasteiger partial charge in [0.1, 0.15) is 16.7 Å². The van der Waals surface area contributed by atoms with E-state index in [1.807, 2.05) is 0 Å². The number of aromatic nitrogens is 2. The zero-order chi connectivity index (χ0) is 21.8. The van der Waals surface area contributed by atoms with Crippen molar-refractivity contribution in [3.8, 4) is 5.75 Å². The number of nitrogens with zero attached hydrogens (tertiary/aromatic N) is 2. The molecule has 0 atom stereocenters. The van der Waals surface area contributed by atoms with Gasteiger partial charge in [-0.1, -0.05) is 23.7 Å². The Morgan fingerprint density at radius 3 is 2.50 bits per heavy atom. The Kier molecular flexibility index (Phi) is 6.37. The summed E-state index contributed by atoms with van der Waals surface area (Å²) in [5.41, 5.74) is 2.36. The standard InChI is InChI=1S/C21H20ClFN4O3/c1-12-19(20(22)27(26-12)11-14-4-6-15(23)7-5-14)21(29)25-16-8-9-18(30-3)17(10-16)24-13(2)28/h4-10H,11H2,1-3H3,(H,24,28)(H,25,29). The van der Waals surface area contributed by atoms with E-state index < -0.39 is 5.91 Å². The topological polar surface area (TPSA) is 85.2 Å². The summed E-state index contributed by atoms with van der Waals surface area (Å²) in [6.45, 7) is 3.35. The molecule has 0 aliphatic rings. The maximum absolute atomic E-state index is 13.1. The smallest absolute Gasteiger partial charge is 0.260 e. The summed E-state index contributed by atoms with van der Waals surface area (Å²) < 4.78 is 19.8. The zero-order valence-corrected chi connectivity index (χ0v) is 17.4. The molecule has 0 unspecified atom stereocenters. The summed E-state index contributed by atoms with van der Waals surface area (Å²) >= 11 is 6.41. The monoisotopic (exact) mass is 430 g/mol. The van der Waals surface area contributed by atoms with Gasteiger partial charge in [-0.3, -0.25) is 9.59 Å². The maximum atomic E-state index is 13.1. The summed E-state index contributed by atoms with van der Waals surface area (Å²) in [5, 5.41) is 9.91. The summed E-state index contributed by atoms with van der Waals surface area (Å²) in [4.78, 5) is 24.2. The molecule has 0 saturated carbocycles. The Morgan fingerprint density at radius 1 is 1.17 bits per heavy atom. The first-order valence-corrected chi connectivity index (χ1v) is 9.40. The van der Waals surface area contributed by atoms with E-state index in [1.54, 1.807) is 37.3 Å². The Morgan fingerprint density at radius 2 is 1.87 bits per heavy atom. The molecular formula is C21H20ClFN4O3. The fraction of sp³-hybridized carbons (Fsp3) is 0.190. The van der Waals surface area contributed by atoms with Gasteiger partial charge in [-0.25, -0.2) is 9.07 Å². The van der Waals surface area contributed by atoms with Crippen molar-refractivity contribution in [2.24, 2.45) is 0 Å². The lowest BCUT2D eigenvalue weighted by atomic mass is 10.2. The number of aryl methyl sites for hydroxylation is 1. The van der Waals surface area contributed by atoms with Gasteiger partial charge in [-0.15, -0.1) is 0 Å². The molecule has 2 N–H and O–H groups in total. The van der Waals surface area contributed by atoms with Gasteiger partial charge in [0.15, 0.2) is 0 Å². The number of hydrogen-bond donors (Lipinski definition) is 2. The molecule has 0 aliphatic carbocycles. The van der Waals surface area contributed by atoms with Gasteiger partial charge in [-0.05, 0) is 42.8 Å². The lowest BCUT2D eigenvalue weighted by Gasteiger charge is -2.12. The van der Waals surface area contributed by atoms with Gasteiger partial charge in [0.05, 0.1) is 30.6 Å². The van der Waals surface area contributed by atoms with Crippen molar-refractivity contribution in [2.45, 2.75) is 20.4 Å². The Labute approximate surface area is 177 Å². The van der Waals surface area contributed by atoms with Crippen molar-refractivity contribution >= 4 is 34.8 Å². The number of halogens is 2. The molecule has 9 heteroatoms. The van der Waals surface area contributed by atoms with E-state index in [1.165, 1.54) is 30.8 Å². The molecule has 0 fully saturated rings. The van der Waals surface area contributed by atoms with E-state index in [0.29, 0.717) is 29.4 Å². The highest BCUT2D eigenvalue weighted by Crippen LogP contribution is 2.29. The minimum atomic E-state index is -0.443. The molecule has 3 aromatic rings. The van der Waals surface area contributed by atoms with Crippen LogP contribution in [0.15, 0.2) is 42.5 Å². The van der Waals surface area contributed by atoms with Crippen LogP contribution in [-0.2, 0) is 11.3 Å². The summed E-state index contributed by atoms with van der Waals surface area (Å²) in [6, 6.07) is 10.8. The number of hydrogen-bond acceptors (Lipinski definition) is 4. The Balaban J connectivity index is 1.83. The molecule has 2 amide bonds. The van der Waals surface area contributed by atoms with E-state index in [9.17, 15) is 14.0 Å². The number of carbonyl (C=O) groups is 2. The van der Waals surface area contributed by atoms with E-state index in [4.69, 9.17) is 16.3 Å². The van der Waals surface area contributed by atoms with Gasteiger partial charge in [0.2, 0.25) is 5.91 Å². The highest BCUT2D eigenvalue weighted by molar-refractivity contribution is 6.33. The molecule has 0 spiro atoms. The SMILES string of the molecule is COc1ccc(NC(=O)c2c(C)nn(Cc3ccc(F)cc3)c2Cl)cc1NC(C)=O. The van der Waals surface area contributed by atoms with Crippen LogP contribution in [0.5, 0.6) is 5.75 Å². The van der Waals surface area contributed by atoms with Gasteiger partial charge in [0, 0.05) is 12.6 Å². The average molecular weight is 431 g/mol. The van der Waals surface area contributed by atoms with E-state index in [0.717, 1.165) is 5.56 Å². The second-order valence-electron chi connectivity index (χ2n) is 6.59. The molecule has 3 rings (SSSR count). The van der Waals surface area contributed by atoms with Crippen molar-refractivity contribution < 1.29 is 18.7 Å². The molecule has 0 aliphatic heterocycles. The first-order valence-electron chi connectivity index (χ1n) is 9.02. The van der Waals surface area contributed by atoms with Crippen LogP contribution < -0.4 is 15.4 Å². The molecule has 1 heterocycles. The normalized spacial score (nSPS) is 10.6. The highest BCUT2D eigenvalue weighted by atomic mass is 35.5. The van der Waals surface area contributed by atoms with Crippen LogP contribution in [0.25, 0.3) is 0 Å². The third-order valence-corrected chi connectivity index (χ3v) is 4.69. The molecule has 0 radical (unpaired) electrons. The average Bonchev–Trinajstić information content (AvgIpc) is 2.96. The fourth-order valence-electron chi connectivity index (χ4n) is 2.95. The van der Waals surface area contributed by atoms with Crippen molar-refractivity contribution in [1.82, 2.24) is 9.78 Å². The van der Waals surface area contributed by atoms with E-state index in [2.05, 4.69) is 15.7 Å². The van der Waals surface area contributed by atoms with Crippen LogP contribution in [-0.4, -0.2) is 28.7 Å². The van der Waals surface area contributed by atoms with Crippen LogP contribution in [0, 0.1) is 12.7 Å². The number of carbonyl (C=O) groups excluding carboxylic acids is 2. The Bertz CT molecular complexity index is 1100. The summed E-state index contributed by atoms with van der Waals surface area (Å²) in [6.07, 6.45) is 0. The van der Waals surface area contributed by atoms with Crippen LogP contribution >= 0.6 is 11.6 Å². The van der Waals surface area contributed by atoms with Crippen molar-refractivity contribution in [2.75, 3.05) is 17.7 Å². The van der Waals surface area contributed by atoms with Crippen molar-refractivity contribution in [1.29, 1.82) is 0 Å². The van der Waals surface area contributed by atoms with Crippen LogP contribution in [0.2, 0.25) is 5.15 Å². The molecule has 0 bridgehead atoms. The van der Waals surface area contributed by atoms with Gasteiger partial charge in [0.25, 0.3) is 5.91 Å².